The molecule has 2 aromatic rings. The van der Waals surface area contributed by atoms with Crippen LogP contribution in [-0.2, 0) is 17.9 Å². The Kier molecular flexibility index (Phi) is 8.20. The number of hydrogen-bond acceptors (Lipinski definition) is 4. The van der Waals surface area contributed by atoms with Crippen molar-refractivity contribution in [1.82, 2.24) is 15.5 Å². The van der Waals surface area contributed by atoms with Crippen molar-refractivity contribution in [3.63, 3.8) is 0 Å². The summed E-state index contributed by atoms with van der Waals surface area (Å²) in [5, 5.41) is 7.72. The first-order valence-electron chi connectivity index (χ1n) is 9.68. The second-order valence-electron chi connectivity index (χ2n) is 7.67. The van der Waals surface area contributed by atoms with Crippen molar-refractivity contribution in [3.8, 4) is 0 Å². The third kappa shape index (κ3) is 6.17. The van der Waals surface area contributed by atoms with E-state index in [1.165, 1.54) is 16.9 Å². The maximum absolute atomic E-state index is 12.8. The van der Waals surface area contributed by atoms with Gasteiger partial charge in [0.25, 0.3) is 5.91 Å². The molecule has 2 rings (SSSR count). The van der Waals surface area contributed by atoms with Crippen molar-refractivity contribution < 1.29 is 9.59 Å². The molecule has 152 valence electrons. The highest BCUT2D eigenvalue weighted by molar-refractivity contribution is 7.12. The van der Waals surface area contributed by atoms with Crippen molar-refractivity contribution >= 4 is 23.2 Å². The van der Waals surface area contributed by atoms with Crippen LogP contribution in [0.3, 0.4) is 0 Å². The number of rotatable bonds is 9. The van der Waals surface area contributed by atoms with Crippen LogP contribution in [0.1, 0.15) is 48.5 Å². The van der Waals surface area contributed by atoms with E-state index in [0.717, 1.165) is 12.1 Å². The molecule has 0 spiro atoms. The summed E-state index contributed by atoms with van der Waals surface area (Å²) in [7, 11) is 2.09. The molecule has 0 aliphatic carbocycles. The molecule has 2 N–H and O–H groups in total. The standard InChI is InChI=1S/C22H31N3O2S/c1-15(2)20(24-21(26)19-11-8-12-28-19)22(27)23-13-17-9-6-7-10-18(17)14-25(5)16(3)4/h6-12,15-16,20H,13-14H2,1-5H3,(H,23,27)(H,24,26). The molecule has 0 bridgehead atoms. The van der Waals surface area contributed by atoms with E-state index in [-0.39, 0.29) is 17.7 Å². The Morgan fingerprint density at radius 2 is 1.71 bits per heavy atom. The molecule has 0 radical (unpaired) electrons. The first kappa shape index (κ1) is 22.1. The number of thiophene rings is 1. The van der Waals surface area contributed by atoms with Crippen LogP contribution < -0.4 is 10.6 Å². The lowest BCUT2D eigenvalue weighted by Crippen LogP contribution is -2.49. The fourth-order valence-corrected chi connectivity index (χ4v) is 3.41. The highest BCUT2D eigenvalue weighted by Gasteiger charge is 2.25. The first-order chi connectivity index (χ1) is 13.3. The van der Waals surface area contributed by atoms with Crippen molar-refractivity contribution in [1.29, 1.82) is 0 Å². The molecule has 1 heterocycles. The summed E-state index contributed by atoms with van der Waals surface area (Å²) < 4.78 is 0. The second kappa shape index (κ2) is 10.4. The molecule has 0 aliphatic heterocycles. The van der Waals surface area contributed by atoms with Crippen LogP contribution in [0, 0.1) is 5.92 Å². The molecule has 1 aromatic carbocycles. The van der Waals surface area contributed by atoms with Crippen LogP contribution in [0.15, 0.2) is 41.8 Å². The number of carbonyl (C=O) groups excluding carboxylic acids is 2. The fraction of sp³-hybridized carbons (Fsp3) is 0.455. The molecular formula is C22H31N3O2S. The van der Waals surface area contributed by atoms with Gasteiger partial charge in [-0.25, -0.2) is 0 Å². The van der Waals surface area contributed by atoms with Gasteiger partial charge in [0.2, 0.25) is 5.91 Å². The Hall–Kier alpha value is -2.18. The largest absolute Gasteiger partial charge is 0.350 e. The molecule has 1 atom stereocenters. The zero-order chi connectivity index (χ0) is 20.7. The van der Waals surface area contributed by atoms with Gasteiger partial charge in [0.05, 0.1) is 4.88 Å². The Bertz CT molecular complexity index is 772. The Labute approximate surface area is 172 Å². The average molecular weight is 402 g/mol. The van der Waals surface area contributed by atoms with E-state index in [9.17, 15) is 9.59 Å². The summed E-state index contributed by atoms with van der Waals surface area (Å²) in [5.74, 6) is -0.374. The number of nitrogens with zero attached hydrogens (tertiary/aromatic N) is 1. The lowest BCUT2D eigenvalue weighted by molar-refractivity contribution is -0.124. The molecule has 5 nitrogen and oxygen atoms in total. The Morgan fingerprint density at radius 1 is 1.04 bits per heavy atom. The molecule has 0 fully saturated rings. The summed E-state index contributed by atoms with van der Waals surface area (Å²) in [6.07, 6.45) is 0. The smallest absolute Gasteiger partial charge is 0.262 e. The highest BCUT2D eigenvalue weighted by Crippen LogP contribution is 2.14. The predicted molar refractivity (Wildman–Crippen MR) is 115 cm³/mol. The average Bonchev–Trinajstić information content (AvgIpc) is 3.19. The van der Waals surface area contributed by atoms with Gasteiger partial charge in [-0.1, -0.05) is 44.2 Å². The van der Waals surface area contributed by atoms with E-state index >= 15 is 0 Å². The minimum absolute atomic E-state index is 0.00812. The van der Waals surface area contributed by atoms with E-state index in [0.29, 0.717) is 17.5 Å². The number of carbonyl (C=O) groups is 2. The van der Waals surface area contributed by atoms with Crippen LogP contribution in [0.5, 0.6) is 0 Å². The summed E-state index contributed by atoms with van der Waals surface area (Å²) in [6.45, 7) is 9.46. The molecule has 0 aliphatic rings. The number of hydrogen-bond donors (Lipinski definition) is 2. The van der Waals surface area contributed by atoms with Gasteiger partial charge in [0, 0.05) is 19.1 Å². The quantitative estimate of drug-likeness (QED) is 0.674. The van der Waals surface area contributed by atoms with E-state index in [1.54, 1.807) is 6.07 Å². The molecular weight excluding hydrogens is 370 g/mol. The first-order valence-corrected chi connectivity index (χ1v) is 10.6. The topological polar surface area (TPSA) is 61.4 Å². The maximum atomic E-state index is 12.8. The lowest BCUT2D eigenvalue weighted by atomic mass is 10.0. The summed E-state index contributed by atoms with van der Waals surface area (Å²) in [5.41, 5.74) is 2.29. The van der Waals surface area contributed by atoms with E-state index in [1.807, 2.05) is 43.5 Å². The van der Waals surface area contributed by atoms with Crippen molar-refractivity contribution in [3.05, 3.63) is 57.8 Å². The Morgan fingerprint density at radius 3 is 2.29 bits per heavy atom. The van der Waals surface area contributed by atoms with Crippen LogP contribution in [0.25, 0.3) is 0 Å². The van der Waals surface area contributed by atoms with Crippen molar-refractivity contribution in [2.45, 2.75) is 52.9 Å². The van der Waals surface area contributed by atoms with Gasteiger partial charge in [-0.05, 0) is 49.4 Å². The molecule has 1 aromatic heterocycles. The second-order valence-corrected chi connectivity index (χ2v) is 8.62. The third-order valence-corrected chi connectivity index (χ3v) is 5.72. The summed E-state index contributed by atoms with van der Waals surface area (Å²) in [4.78, 5) is 28.0. The summed E-state index contributed by atoms with van der Waals surface area (Å²) >= 11 is 1.37. The lowest BCUT2D eigenvalue weighted by Gasteiger charge is -2.24. The zero-order valence-corrected chi connectivity index (χ0v) is 18.2. The predicted octanol–water partition coefficient (Wildman–Crippen LogP) is 3.66. The van der Waals surface area contributed by atoms with Gasteiger partial charge in [0.15, 0.2) is 0 Å². The SMILES string of the molecule is CC(C)C(NC(=O)c1cccs1)C(=O)NCc1ccccc1CN(C)C(C)C. The van der Waals surface area contributed by atoms with Crippen molar-refractivity contribution in [2.75, 3.05) is 7.05 Å². The summed E-state index contributed by atoms with van der Waals surface area (Å²) in [6, 6.07) is 11.6. The van der Waals surface area contributed by atoms with Crippen molar-refractivity contribution in [2.24, 2.45) is 5.92 Å². The van der Waals surface area contributed by atoms with E-state index in [4.69, 9.17) is 0 Å². The molecule has 0 saturated carbocycles. The minimum Gasteiger partial charge on any atom is -0.350 e. The van der Waals surface area contributed by atoms with Crippen LogP contribution >= 0.6 is 11.3 Å². The van der Waals surface area contributed by atoms with Gasteiger partial charge in [-0.3, -0.25) is 14.5 Å². The number of nitrogens with one attached hydrogen (secondary N) is 2. The maximum Gasteiger partial charge on any atom is 0.262 e. The van der Waals surface area contributed by atoms with Gasteiger partial charge in [-0.2, -0.15) is 0 Å². The van der Waals surface area contributed by atoms with Gasteiger partial charge in [0.1, 0.15) is 6.04 Å². The Balaban J connectivity index is 2.02. The molecule has 0 saturated heterocycles. The van der Waals surface area contributed by atoms with E-state index < -0.39 is 6.04 Å². The molecule has 2 amide bonds. The fourth-order valence-electron chi connectivity index (χ4n) is 2.78. The van der Waals surface area contributed by atoms with Crippen LogP contribution in [0.4, 0.5) is 0 Å². The number of amides is 2. The van der Waals surface area contributed by atoms with E-state index in [2.05, 4.69) is 42.5 Å². The molecule has 28 heavy (non-hydrogen) atoms. The van der Waals surface area contributed by atoms with Gasteiger partial charge < -0.3 is 10.6 Å². The molecule has 1 unspecified atom stereocenters. The number of benzene rings is 1. The highest BCUT2D eigenvalue weighted by atomic mass is 32.1. The monoisotopic (exact) mass is 401 g/mol. The minimum atomic E-state index is -0.569. The third-order valence-electron chi connectivity index (χ3n) is 4.85. The van der Waals surface area contributed by atoms with Crippen LogP contribution in [0.2, 0.25) is 0 Å². The normalized spacial score (nSPS) is 12.4. The van der Waals surface area contributed by atoms with Gasteiger partial charge in [-0.15, -0.1) is 11.3 Å². The van der Waals surface area contributed by atoms with Gasteiger partial charge >= 0.3 is 0 Å². The van der Waals surface area contributed by atoms with Crippen LogP contribution in [-0.4, -0.2) is 35.8 Å². The molecule has 6 heteroatoms. The zero-order valence-electron chi connectivity index (χ0n) is 17.4.